The molecule has 10 nitrogen and oxygen atoms in total. The minimum atomic E-state index is -3.88. The summed E-state index contributed by atoms with van der Waals surface area (Å²) in [4.78, 5) is 28.3. The number of hydrogen-bond acceptors (Lipinski definition) is 7. The minimum Gasteiger partial charge on any atom is -0.496 e. The van der Waals surface area contributed by atoms with Gasteiger partial charge in [-0.25, -0.2) is 8.42 Å². The quantitative estimate of drug-likeness (QED) is 0.576. The molecule has 11 heteroatoms. The number of ether oxygens (including phenoxy) is 2. The van der Waals surface area contributed by atoms with E-state index in [1.54, 1.807) is 37.5 Å². The molecule has 172 valence electrons. The van der Waals surface area contributed by atoms with Gasteiger partial charge in [-0.2, -0.15) is 4.31 Å². The van der Waals surface area contributed by atoms with Crippen LogP contribution in [0.15, 0.2) is 47.6 Å². The maximum Gasteiger partial charge on any atom is 0.309 e. The Morgan fingerprint density at radius 3 is 2.72 bits per heavy atom. The molecule has 1 aliphatic heterocycles. The lowest BCUT2D eigenvalue weighted by molar-refractivity contribution is -0.140. The van der Waals surface area contributed by atoms with Crippen molar-refractivity contribution in [2.75, 3.05) is 26.8 Å². The summed E-state index contributed by atoms with van der Waals surface area (Å²) in [5.41, 5.74) is 1.43. The first-order chi connectivity index (χ1) is 15.3. The molecule has 1 atom stereocenters. The minimum absolute atomic E-state index is 0.104. The van der Waals surface area contributed by atoms with Crippen molar-refractivity contribution in [3.05, 3.63) is 53.9 Å². The molecular weight excluding hydrogens is 436 g/mol. The molecule has 2 aromatic rings. The standard InChI is InChI=1S/C21H26N4O6S/c1-15-11-17(6-7-18(15)30-2)32(28,29)25-9-4-10-31-19(25)14-24-21(27)20(26)23-13-16-5-3-8-22-12-16/h3,5-8,11-12,19H,4,9-10,13-14H2,1-2H3,(H,23,26)(H,24,27)/t19-/m0/s1. The number of pyridine rings is 1. The van der Waals surface area contributed by atoms with Crippen LogP contribution in [0, 0.1) is 6.92 Å². The third-order valence-corrected chi connectivity index (χ3v) is 6.83. The molecule has 0 radical (unpaired) electrons. The second-order valence-electron chi connectivity index (χ2n) is 7.18. The van der Waals surface area contributed by atoms with Crippen molar-refractivity contribution in [3.63, 3.8) is 0 Å². The molecule has 0 bridgehead atoms. The predicted octanol–water partition coefficient (Wildman–Crippen LogP) is 0.568. The average molecular weight is 463 g/mol. The second kappa shape index (κ2) is 10.5. The lowest BCUT2D eigenvalue weighted by atomic mass is 10.2. The van der Waals surface area contributed by atoms with Crippen LogP contribution in [-0.2, 0) is 30.9 Å². The fraction of sp³-hybridized carbons (Fsp3) is 0.381. The molecule has 0 aliphatic carbocycles. The number of nitrogens with one attached hydrogen (secondary N) is 2. The van der Waals surface area contributed by atoms with Crippen molar-refractivity contribution in [2.24, 2.45) is 0 Å². The van der Waals surface area contributed by atoms with Crippen LogP contribution in [0.1, 0.15) is 17.5 Å². The number of aryl methyl sites for hydroxylation is 1. The summed E-state index contributed by atoms with van der Waals surface area (Å²) in [6.07, 6.45) is 2.78. The first-order valence-corrected chi connectivity index (χ1v) is 11.5. The molecule has 32 heavy (non-hydrogen) atoms. The van der Waals surface area contributed by atoms with Gasteiger partial charge in [0.25, 0.3) is 0 Å². The molecule has 0 spiro atoms. The zero-order chi connectivity index (χ0) is 23.1. The first kappa shape index (κ1) is 23.6. The number of nitrogens with zero attached hydrogens (tertiary/aromatic N) is 2. The fourth-order valence-electron chi connectivity index (χ4n) is 3.27. The van der Waals surface area contributed by atoms with E-state index >= 15 is 0 Å². The first-order valence-electron chi connectivity index (χ1n) is 10.1. The van der Waals surface area contributed by atoms with E-state index in [4.69, 9.17) is 9.47 Å². The third kappa shape index (κ3) is 5.61. The number of amides is 2. The van der Waals surface area contributed by atoms with E-state index in [-0.39, 0.29) is 24.5 Å². The Bertz CT molecular complexity index is 1060. The van der Waals surface area contributed by atoms with E-state index in [0.29, 0.717) is 24.3 Å². The van der Waals surface area contributed by atoms with Gasteiger partial charge in [-0.05, 0) is 48.7 Å². The van der Waals surface area contributed by atoms with E-state index in [1.165, 1.54) is 23.5 Å². The van der Waals surface area contributed by atoms with Crippen molar-refractivity contribution in [3.8, 4) is 5.75 Å². The second-order valence-corrected chi connectivity index (χ2v) is 9.07. The highest BCUT2D eigenvalue weighted by Gasteiger charge is 2.35. The molecule has 0 saturated carbocycles. The van der Waals surface area contributed by atoms with Crippen LogP contribution in [-0.4, -0.2) is 62.6 Å². The number of benzene rings is 1. The topological polar surface area (TPSA) is 127 Å². The van der Waals surface area contributed by atoms with Gasteiger partial charge in [0.05, 0.1) is 25.2 Å². The number of carbonyl (C=O) groups is 2. The third-order valence-electron chi connectivity index (χ3n) is 4.95. The molecule has 1 aromatic carbocycles. The summed E-state index contributed by atoms with van der Waals surface area (Å²) in [5, 5.41) is 4.95. The normalized spacial score (nSPS) is 16.9. The SMILES string of the molecule is COc1ccc(S(=O)(=O)N2CCCO[C@H]2CNC(=O)C(=O)NCc2cccnc2)cc1C. The number of hydrogen-bond donors (Lipinski definition) is 2. The Hall–Kier alpha value is -3.02. The van der Waals surface area contributed by atoms with E-state index in [9.17, 15) is 18.0 Å². The number of carbonyl (C=O) groups excluding carboxylic acids is 2. The van der Waals surface area contributed by atoms with Gasteiger partial charge in [-0.15, -0.1) is 0 Å². The highest BCUT2D eigenvalue weighted by atomic mass is 32.2. The lowest BCUT2D eigenvalue weighted by Crippen LogP contribution is -2.53. The summed E-state index contributed by atoms with van der Waals surface area (Å²) in [7, 11) is -2.36. The van der Waals surface area contributed by atoms with Crippen LogP contribution in [0.3, 0.4) is 0 Å². The molecule has 1 fully saturated rings. The van der Waals surface area contributed by atoms with Crippen LogP contribution in [0.25, 0.3) is 0 Å². The van der Waals surface area contributed by atoms with E-state index in [1.807, 2.05) is 0 Å². The van der Waals surface area contributed by atoms with Gasteiger partial charge < -0.3 is 20.1 Å². The summed E-state index contributed by atoms with van der Waals surface area (Å²) in [6, 6.07) is 8.09. The van der Waals surface area contributed by atoms with Gasteiger partial charge in [0.1, 0.15) is 12.0 Å². The summed E-state index contributed by atoms with van der Waals surface area (Å²) < 4.78 is 38.4. The zero-order valence-corrected chi connectivity index (χ0v) is 18.7. The zero-order valence-electron chi connectivity index (χ0n) is 17.9. The van der Waals surface area contributed by atoms with Gasteiger partial charge in [0.15, 0.2) is 0 Å². The summed E-state index contributed by atoms with van der Waals surface area (Å²) in [6.45, 7) is 2.33. The average Bonchev–Trinajstić information content (AvgIpc) is 2.81. The van der Waals surface area contributed by atoms with Gasteiger partial charge in [-0.3, -0.25) is 14.6 Å². The molecule has 3 rings (SSSR count). The van der Waals surface area contributed by atoms with E-state index in [0.717, 1.165) is 5.56 Å². The lowest BCUT2D eigenvalue weighted by Gasteiger charge is -2.34. The van der Waals surface area contributed by atoms with Crippen LogP contribution >= 0.6 is 0 Å². The van der Waals surface area contributed by atoms with Crippen molar-refractivity contribution < 1.29 is 27.5 Å². The molecule has 1 saturated heterocycles. The van der Waals surface area contributed by atoms with Gasteiger partial charge >= 0.3 is 11.8 Å². The fourth-order valence-corrected chi connectivity index (χ4v) is 4.93. The Labute approximate surface area is 187 Å². The highest BCUT2D eigenvalue weighted by molar-refractivity contribution is 7.89. The summed E-state index contributed by atoms with van der Waals surface area (Å²) >= 11 is 0. The predicted molar refractivity (Wildman–Crippen MR) is 115 cm³/mol. The van der Waals surface area contributed by atoms with Crippen molar-refractivity contribution >= 4 is 21.8 Å². The highest BCUT2D eigenvalue weighted by Crippen LogP contribution is 2.26. The molecule has 1 aromatic heterocycles. The van der Waals surface area contributed by atoms with Crippen LogP contribution in [0.5, 0.6) is 5.75 Å². The van der Waals surface area contributed by atoms with E-state index < -0.39 is 28.1 Å². The van der Waals surface area contributed by atoms with E-state index in [2.05, 4.69) is 15.6 Å². The van der Waals surface area contributed by atoms with Crippen LogP contribution in [0.4, 0.5) is 0 Å². The van der Waals surface area contributed by atoms with Crippen LogP contribution in [0.2, 0.25) is 0 Å². The summed E-state index contributed by atoms with van der Waals surface area (Å²) in [5.74, 6) is -1.12. The van der Waals surface area contributed by atoms with Crippen molar-refractivity contribution in [2.45, 2.75) is 31.0 Å². The van der Waals surface area contributed by atoms with Gasteiger partial charge in [-0.1, -0.05) is 6.07 Å². The van der Waals surface area contributed by atoms with Crippen molar-refractivity contribution in [1.82, 2.24) is 19.9 Å². The molecular formula is C21H26N4O6S. The Morgan fingerprint density at radius 1 is 1.25 bits per heavy atom. The van der Waals surface area contributed by atoms with Gasteiger partial charge in [0.2, 0.25) is 10.0 Å². The van der Waals surface area contributed by atoms with Crippen LogP contribution < -0.4 is 15.4 Å². The molecule has 2 amide bonds. The van der Waals surface area contributed by atoms with Crippen molar-refractivity contribution in [1.29, 1.82) is 0 Å². The number of rotatable bonds is 7. The Kier molecular flexibility index (Phi) is 7.78. The maximum atomic E-state index is 13.2. The largest absolute Gasteiger partial charge is 0.496 e. The monoisotopic (exact) mass is 462 g/mol. The number of aromatic nitrogens is 1. The van der Waals surface area contributed by atoms with Gasteiger partial charge in [0, 0.05) is 25.5 Å². The number of methoxy groups -OCH3 is 1. The molecule has 1 aliphatic rings. The number of sulfonamides is 1. The molecule has 0 unspecified atom stereocenters. The molecule has 2 N–H and O–H groups in total. The smallest absolute Gasteiger partial charge is 0.309 e. The maximum absolute atomic E-state index is 13.2. The Morgan fingerprint density at radius 2 is 2.03 bits per heavy atom. The Balaban J connectivity index is 1.63. The molecule has 2 heterocycles.